The van der Waals surface area contributed by atoms with Gasteiger partial charge in [-0.2, -0.15) is 0 Å². The van der Waals surface area contributed by atoms with E-state index in [2.05, 4.69) is 0 Å². The van der Waals surface area contributed by atoms with Crippen LogP contribution in [0.1, 0.15) is 44.3 Å². The van der Waals surface area contributed by atoms with E-state index < -0.39 is 46.5 Å². The van der Waals surface area contributed by atoms with E-state index in [0.29, 0.717) is 18.4 Å². The maximum absolute atomic E-state index is 13.3. The van der Waals surface area contributed by atoms with Crippen molar-refractivity contribution in [1.29, 1.82) is 0 Å². The lowest BCUT2D eigenvalue weighted by Crippen LogP contribution is -2.68. The summed E-state index contributed by atoms with van der Waals surface area (Å²) in [6.07, 6.45) is 4.78. The van der Waals surface area contributed by atoms with E-state index >= 15 is 0 Å². The number of rotatable bonds is 1. The lowest BCUT2D eigenvalue weighted by Gasteiger charge is -2.59. The van der Waals surface area contributed by atoms with E-state index in [1.54, 1.807) is 13.0 Å². The van der Waals surface area contributed by atoms with Crippen molar-refractivity contribution in [3.05, 3.63) is 35.8 Å². The van der Waals surface area contributed by atoms with Gasteiger partial charge in [-0.15, -0.1) is 0 Å². The first-order valence-corrected chi connectivity index (χ1v) is 9.34. The molecule has 0 aromatic carbocycles. The molecule has 144 valence electrons. The average molecular weight is 374 g/mol. The van der Waals surface area contributed by atoms with Crippen LogP contribution in [0.5, 0.6) is 0 Å². The fourth-order valence-electron chi connectivity index (χ4n) is 6.07. The highest BCUT2D eigenvalue weighted by atomic mass is 16.6. The Morgan fingerprint density at radius 2 is 2.07 bits per heavy atom. The van der Waals surface area contributed by atoms with Gasteiger partial charge in [-0.05, 0) is 31.7 Å². The third-order valence-electron chi connectivity index (χ3n) is 7.37. The fraction of sp³-hybridized carbons (Fsp3) is 0.600. The highest BCUT2D eigenvalue weighted by Crippen LogP contribution is 2.68. The van der Waals surface area contributed by atoms with E-state index in [1.165, 1.54) is 12.5 Å². The second-order valence-electron chi connectivity index (χ2n) is 8.48. The molecular formula is C20H22O7. The monoisotopic (exact) mass is 374 g/mol. The predicted octanol–water partition coefficient (Wildman–Crippen LogP) is 1.65. The van der Waals surface area contributed by atoms with Crippen molar-refractivity contribution in [3.8, 4) is 0 Å². The summed E-state index contributed by atoms with van der Waals surface area (Å²) in [6, 6.07) is 1.74. The maximum atomic E-state index is 13.3. The number of carbonyl (C=O) groups is 2. The number of carbonyl (C=O) groups excluding carboxylic acids is 2. The summed E-state index contributed by atoms with van der Waals surface area (Å²) in [7, 11) is 0. The van der Waals surface area contributed by atoms with Crippen LogP contribution in [-0.4, -0.2) is 40.5 Å². The lowest BCUT2D eigenvalue weighted by molar-refractivity contribution is -0.217. The quantitative estimate of drug-likeness (QED) is 0.720. The van der Waals surface area contributed by atoms with Gasteiger partial charge in [0.1, 0.15) is 18.1 Å². The number of esters is 2. The zero-order valence-corrected chi connectivity index (χ0v) is 15.0. The van der Waals surface area contributed by atoms with Gasteiger partial charge in [-0.25, -0.2) is 4.79 Å². The third kappa shape index (κ3) is 1.88. The normalized spacial score (nSPS) is 45.9. The number of cyclic esters (lactones) is 2. The van der Waals surface area contributed by atoms with Crippen molar-refractivity contribution in [2.75, 3.05) is 6.61 Å². The molecule has 2 spiro atoms. The number of aliphatic hydroxyl groups excluding tert-OH is 1. The van der Waals surface area contributed by atoms with Gasteiger partial charge in [-0.1, -0.05) is 6.08 Å². The molecule has 0 bridgehead atoms. The fourth-order valence-corrected chi connectivity index (χ4v) is 6.07. The first-order chi connectivity index (χ1) is 12.8. The molecule has 6 unspecified atom stereocenters. The van der Waals surface area contributed by atoms with Crippen LogP contribution in [0.25, 0.3) is 0 Å². The summed E-state index contributed by atoms with van der Waals surface area (Å²) in [5.41, 5.74) is -2.47. The topological polar surface area (TPSA) is 106 Å². The summed E-state index contributed by atoms with van der Waals surface area (Å²) in [5.74, 6) is -1.36. The zero-order chi connectivity index (χ0) is 19.0. The minimum absolute atomic E-state index is 0.0231. The van der Waals surface area contributed by atoms with Crippen LogP contribution >= 0.6 is 0 Å². The Bertz CT molecular complexity index is 839. The molecular weight excluding hydrogens is 352 g/mol. The van der Waals surface area contributed by atoms with Crippen LogP contribution in [-0.2, 0) is 19.1 Å². The van der Waals surface area contributed by atoms with Crippen molar-refractivity contribution in [2.45, 2.75) is 50.4 Å². The number of ether oxygens (including phenoxy) is 2. The molecule has 6 atom stereocenters. The molecule has 1 aromatic rings. The van der Waals surface area contributed by atoms with Gasteiger partial charge < -0.3 is 24.1 Å². The Labute approximate surface area is 155 Å². The van der Waals surface area contributed by atoms with E-state index in [0.717, 1.165) is 5.56 Å². The van der Waals surface area contributed by atoms with Crippen molar-refractivity contribution in [3.63, 3.8) is 0 Å². The molecule has 2 saturated heterocycles. The summed E-state index contributed by atoms with van der Waals surface area (Å²) in [6.45, 7) is 1.63. The number of allylic oxidation sites excluding steroid dienone is 1. The van der Waals surface area contributed by atoms with Crippen molar-refractivity contribution < 1.29 is 33.7 Å². The van der Waals surface area contributed by atoms with Crippen molar-refractivity contribution in [1.82, 2.24) is 0 Å². The molecule has 1 saturated carbocycles. The molecule has 0 amide bonds. The Balaban J connectivity index is 1.66. The molecule has 2 aliphatic heterocycles. The van der Waals surface area contributed by atoms with Gasteiger partial charge >= 0.3 is 11.9 Å². The van der Waals surface area contributed by atoms with E-state index in [-0.39, 0.29) is 19.4 Å². The van der Waals surface area contributed by atoms with Gasteiger partial charge in [0.2, 0.25) is 0 Å². The smallest absolute Gasteiger partial charge is 0.334 e. The molecule has 0 radical (unpaired) electrons. The first-order valence-electron chi connectivity index (χ1n) is 9.34. The minimum atomic E-state index is -1.47. The first kappa shape index (κ1) is 17.0. The molecule has 3 fully saturated rings. The van der Waals surface area contributed by atoms with Crippen LogP contribution in [0.3, 0.4) is 0 Å². The zero-order valence-electron chi connectivity index (χ0n) is 15.0. The van der Waals surface area contributed by atoms with Crippen molar-refractivity contribution >= 4 is 11.9 Å². The largest absolute Gasteiger partial charge is 0.472 e. The van der Waals surface area contributed by atoms with Crippen LogP contribution in [0.2, 0.25) is 0 Å². The van der Waals surface area contributed by atoms with Crippen LogP contribution in [0, 0.1) is 16.7 Å². The molecule has 7 heteroatoms. The Morgan fingerprint density at radius 3 is 2.81 bits per heavy atom. The number of furan rings is 1. The molecule has 2 aliphatic carbocycles. The second-order valence-corrected chi connectivity index (χ2v) is 8.48. The Kier molecular flexibility index (Phi) is 3.30. The third-order valence-corrected chi connectivity index (χ3v) is 7.37. The molecule has 3 heterocycles. The molecule has 5 rings (SSSR count). The molecule has 4 aliphatic rings. The summed E-state index contributed by atoms with van der Waals surface area (Å²) in [4.78, 5) is 25.6. The number of fused-ring (bicyclic) bond motifs is 1. The SMILES string of the molecule is CC1(O)CC(O)C23COC(=O)C2=CCCC3C12CC(c1ccoc1)OC2=O. The van der Waals surface area contributed by atoms with Crippen LogP contribution < -0.4 is 0 Å². The van der Waals surface area contributed by atoms with Gasteiger partial charge in [0, 0.05) is 24.0 Å². The second kappa shape index (κ2) is 5.23. The number of aliphatic hydroxyl groups is 2. The van der Waals surface area contributed by atoms with Gasteiger partial charge in [-0.3, -0.25) is 4.79 Å². The molecule has 2 N–H and O–H groups in total. The summed E-state index contributed by atoms with van der Waals surface area (Å²) in [5, 5.41) is 22.4. The van der Waals surface area contributed by atoms with E-state index in [9.17, 15) is 19.8 Å². The highest BCUT2D eigenvalue weighted by molar-refractivity contribution is 5.94. The lowest BCUT2D eigenvalue weighted by atomic mass is 9.44. The van der Waals surface area contributed by atoms with E-state index in [1.807, 2.05) is 6.08 Å². The summed E-state index contributed by atoms with van der Waals surface area (Å²) >= 11 is 0. The number of hydrogen-bond donors (Lipinski definition) is 2. The maximum Gasteiger partial charge on any atom is 0.334 e. The molecule has 1 aromatic heterocycles. The minimum Gasteiger partial charge on any atom is -0.472 e. The van der Waals surface area contributed by atoms with Gasteiger partial charge in [0.25, 0.3) is 0 Å². The molecule has 7 nitrogen and oxygen atoms in total. The Hall–Kier alpha value is -2.12. The summed E-state index contributed by atoms with van der Waals surface area (Å²) < 4.78 is 16.2. The molecule has 27 heavy (non-hydrogen) atoms. The van der Waals surface area contributed by atoms with Crippen LogP contribution in [0.4, 0.5) is 0 Å². The standard InChI is InChI=1S/C20H22O7/c1-18(24)8-15(21)19-10-26-16(22)12(19)3-2-4-14(19)20(18)7-13(27-17(20)23)11-5-6-25-9-11/h3,5-6,9,13-15,21,24H,2,4,7-8,10H2,1H3. The highest BCUT2D eigenvalue weighted by Gasteiger charge is 2.75. The van der Waals surface area contributed by atoms with Gasteiger partial charge in [0.15, 0.2) is 0 Å². The van der Waals surface area contributed by atoms with Gasteiger partial charge in [0.05, 0.1) is 29.6 Å². The average Bonchev–Trinajstić information content (AvgIpc) is 3.32. The number of hydrogen-bond acceptors (Lipinski definition) is 7. The predicted molar refractivity (Wildman–Crippen MR) is 90.0 cm³/mol. The Morgan fingerprint density at radius 1 is 1.26 bits per heavy atom. The van der Waals surface area contributed by atoms with E-state index in [4.69, 9.17) is 13.9 Å². The van der Waals surface area contributed by atoms with Crippen LogP contribution in [0.15, 0.2) is 34.7 Å². The van der Waals surface area contributed by atoms with Crippen molar-refractivity contribution in [2.24, 2.45) is 16.7 Å².